The second-order valence-electron chi connectivity index (χ2n) is 7.29. The number of likely N-dealkylation sites (tertiary alicyclic amines) is 2. The van der Waals surface area contributed by atoms with E-state index in [1.165, 1.54) is 0 Å². The highest BCUT2D eigenvalue weighted by Gasteiger charge is 2.49. The van der Waals surface area contributed by atoms with E-state index < -0.39 is 12.1 Å². The predicted octanol–water partition coefficient (Wildman–Crippen LogP) is 0.891. The van der Waals surface area contributed by atoms with Gasteiger partial charge in [-0.3, -0.25) is 14.5 Å². The Labute approximate surface area is 177 Å². The second kappa shape index (κ2) is 9.94. The number of hydrogen-bond donors (Lipinski definition) is 2. The molecule has 0 spiro atoms. The van der Waals surface area contributed by atoms with Gasteiger partial charge in [-0.2, -0.15) is 13.2 Å². The van der Waals surface area contributed by atoms with E-state index >= 15 is 0 Å². The Morgan fingerprint density at radius 1 is 1.32 bits per heavy atom. The van der Waals surface area contributed by atoms with Crippen LogP contribution >= 0.6 is 0 Å². The van der Waals surface area contributed by atoms with Crippen LogP contribution in [0, 0.1) is 5.92 Å². The highest BCUT2D eigenvalue weighted by Crippen LogP contribution is 2.36. The first-order valence-electron chi connectivity index (χ1n) is 9.50. The minimum absolute atomic E-state index is 0.0306. The molecule has 3 rings (SSSR count). The van der Waals surface area contributed by atoms with Crippen molar-refractivity contribution in [2.45, 2.75) is 38.1 Å². The van der Waals surface area contributed by atoms with Gasteiger partial charge in [0, 0.05) is 51.4 Å². The van der Waals surface area contributed by atoms with Crippen molar-refractivity contribution >= 4 is 17.8 Å². The number of carbonyl (C=O) groups excluding carboxylic acids is 2. The third-order valence-electron chi connectivity index (χ3n) is 5.29. The minimum Gasteiger partial charge on any atom is -0.481 e. The van der Waals surface area contributed by atoms with Crippen LogP contribution in [0.1, 0.15) is 18.9 Å². The lowest BCUT2D eigenvalue weighted by molar-refractivity contribution is -0.192. The molecule has 0 bridgehead atoms. The first-order chi connectivity index (χ1) is 14.5. The van der Waals surface area contributed by atoms with Crippen molar-refractivity contribution in [2.75, 3.05) is 27.2 Å². The average molecular weight is 446 g/mol. The Morgan fingerprint density at radius 3 is 2.48 bits per heavy atom. The average Bonchev–Trinajstić information content (AvgIpc) is 3.24. The molecular formula is C19H25F3N4O5. The van der Waals surface area contributed by atoms with Crippen LogP contribution < -0.4 is 10.1 Å². The maximum absolute atomic E-state index is 12.1. The molecule has 3 atom stereocenters. The summed E-state index contributed by atoms with van der Waals surface area (Å²) in [7, 11) is 3.24. The lowest BCUT2D eigenvalue weighted by Crippen LogP contribution is -2.49. The number of alkyl halides is 3. The van der Waals surface area contributed by atoms with Crippen LogP contribution in [0.15, 0.2) is 18.3 Å². The molecule has 2 amide bonds. The number of pyridine rings is 1. The van der Waals surface area contributed by atoms with E-state index in [2.05, 4.69) is 15.2 Å². The van der Waals surface area contributed by atoms with E-state index in [0.717, 1.165) is 31.6 Å². The molecule has 0 saturated carbocycles. The summed E-state index contributed by atoms with van der Waals surface area (Å²) < 4.78 is 37.1. The standard InChI is InChI=1S/C17H24N4O3.C2HF3O2/c1-11(22)21-14(16(23)18-2)7-13-9-20(10-15(13)21)8-12-5-4-6-19-17(12)24-3;3-2(4,5)1(6)7/h4-6,13-15H,7-10H2,1-3H3,(H,18,23);(H,6,7)/t13-,14-,15+;/m1./s1. The Kier molecular flexibility index (Phi) is 7.82. The van der Waals surface area contributed by atoms with Gasteiger partial charge in [0.05, 0.1) is 7.11 Å². The Morgan fingerprint density at radius 2 is 1.97 bits per heavy atom. The van der Waals surface area contributed by atoms with Gasteiger partial charge in [-0.05, 0) is 18.4 Å². The summed E-state index contributed by atoms with van der Waals surface area (Å²) in [4.78, 5) is 41.4. The van der Waals surface area contributed by atoms with Crippen LogP contribution in [0.25, 0.3) is 0 Å². The van der Waals surface area contributed by atoms with Crippen LogP contribution in [0.4, 0.5) is 13.2 Å². The zero-order chi connectivity index (χ0) is 23.3. The van der Waals surface area contributed by atoms with Crippen molar-refractivity contribution in [1.82, 2.24) is 20.1 Å². The fourth-order valence-corrected chi connectivity index (χ4v) is 4.07. The van der Waals surface area contributed by atoms with Crippen LogP contribution in [0.5, 0.6) is 5.88 Å². The van der Waals surface area contributed by atoms with Gasteiger partial charge in [-0.25, -0.2) is 9.78 Å². The van der Waals surface area contributed by atoms with Gasteiger partial charge >= 0.3 is 12.1 Å². The molecule has 0 radical (unpaired) electrons. The topological polar surface area (TPSA) is 112 Å². The van der Waals surface area contributed by atoms with Crippen LogP contribution in [-0.2, 0) is 20.9 Å². The zero-order valence-corrected chi connectivity index (χ0v) is 17.3. The summed E-state index contributed by atoms with van der Waals surface area (Å²) in [5.41, 5.74) is 1.04. The van der Waals surface area contributed by atoms with E-state index in [4.69, 9.17) is 14.6 Å². The lowest BCUT2D eigenvalue weighted by Gasteiger charge is -2.29. The van der Waals surface area contributed by atoms with E-state index in [9.17, 15) is 22.8 Å². The van der Waals surface area contributed by atoms with Crippen LogP contribution in [0.3, 0.4) is 0 Å². The van der Waals surface area contributed by atoms with Crippen molar-refractivity contribution in [3.05, 3.63) is 23.9 Å². The van der Waals surface area contributed by atoms with E-state index in [1.807, 2.05) is 12.1 Å². The highest BCUT2D eigenvalue weighted by molar-refractivity contribution is 5.87. The number of nitrogens with one attached hydrogen (secondary N) is 1. The largest absolute Gasteiger partial charge is 0.490 e. The number of hydrogen-bond acceptors (Lipinski definition) is 6. The number of nitrogens with zero attached hydrogens (tertiary/aromatic N) is 3. The van der Waals surface area contributed by atoms with Gasteiger partial charge in [0.2, 0.25) is 17.7 Å². The number of aliphatic carboxylic acids is 1. The van der Waals surface area contributed by atoms with Crippen molar-refractivity contribution in [2.24, 2.45) is 5.92 Å². The fourth-order valence-electron chi connectivity index (χ4n) is 4.07. The molecule has 2 aliphatic heterocycles. The number of fused-ring (bicyclic) bond motifs is 1. The van der Waals surface area contributed by atoms with Gasteiger partial charge in [-0.15, -0.1) is 0 Å². The fraction of sp³-hybridized carbons (Fsp3) is 0.579. The smallest absolute Gasteiger partial charge is 0.481 e. The molecule has 2 aliphatic rings. The maximum atomic E-state index is 12.1. The summed E-state index contributed by atoms with van der Waals surface area (Å²) in [5, 5.41) is 9.80. The van der Waals surface area contributed by atoms with Gasteiger partial charge in [0.1, 0.15) is 6.04 Å². The summed E-state index contributed by atoms with van der Waals surface area (Å²) in [5.74, 6) is -1.88. The lowest BCUT2D eigenvalue weighted by atomic mass is 10.0. The minimum atomic E-state index is -5.08. The third-order valence-corrected chi connectivity index (χ3v) is 5.29. The van der Waals surface area contributed by atoms with Gasteiger partial charge in [-0.1, -0.05) is 6.07 Å². The van der Waals surface area contributed by atoms with Crippen LogP contribution in [0.2, 0.25) is 0 Å². The number of methoxy groups -OCH3 is 1. The Hall–Kier alpha value is -2.89. The number of carboxylic acids is 1. The number of aromatic nitrogens is 1. The maximum Gasteiger partial charge on any atom is 0.490 e. The molecule has 1 aromatic heterocycles. The van der Waals surface area contributed by atoms with Gasteiger partial charge < -0.3 is 20.1 Å². The van der Waals surface area contributed by atoms with Gasteiger partial charge in [0.15, 0.2) is 0 Å². The third kappa shape index (κ3) is 5.84. The van der Waals surface area contributed by atoms with Crippen LogP contribution in [-0.4, -0.2) is 83.2 Å². The van der Waals surface area contributed by atoms with E-state index in [0.29, 0.717) is 11.8 Å². The summed E-state index contributed by atoms with van der Waals surface area (Å²) >= 11 is 0. The number of ether oxygens (including phenoxy) is 1. The summed E-state index contributed by atoms with van der Waals surface area (Å²) in [6, 6.07) is 3.68. The molecule has 0 aliphatic carbocycles. The second-order valence-corrected chi connectivity index (χ2v) is 7.29. The van der Waals surface area contributed by atoms with Gasteiger partial charge in [0.25, 0.3) is 0 Å². The Bertz CT molecular complexity index is 820. The molecule has 0 aromatic carbocycles. The number of rotatable bonds is 4. The normalized spacial score (nSPS) is 22.9. The number of carbonyl (C=O) groups is 3. The molecule has 2 saturated heterocycles. The quantitative estimate of drug-likeness (QED) is 0.707. The number of carboxylic acid groups (broad SMARTS) is 1. The number of halogens is 3. The first kappa shape index (κ1) is 24.4. The summed E-state index contributed by atoms with van der Waals surface area (Å²) in [6.45, 7) is 3.93. The summed E-state index contributed by atoms with van der Waals surface area (Å²) in [6.07, 6.45) is -2.64. The predicted molar refractivity (Wildman–Crippen MR) is 102 cm³/mol. The first-order valence-corrected chi connectivity index (χ1v) is 9.50. The molecule has 2 fully saturated rings. The molecule has 3 heterocycles. The molecule has 31 heavy (non-hydrogen) atoms. The zero-order valence-electron chi connectivity index (χ0n) is 17.3. The van der Waals surface area contributed by atoms with Crippen molar-refractivity contribution in [3.63, 3.8) is 0 Å². The van der Waals surface area contributed by atoms with Crippen molar-refractivity contribution in [3.8, 4) is 5.88 Å². The van der Waals surface area contributed by atoms with E-state index in [-0.39, 0.29) is 23.9 Å². The van der Waals surface area contributed by atoms with E-state index in [1.54, 1.807) is 32.2 Å². The SMILES string of the molecule is CNC(=O)[C@H]1C[C@@H]2CN(Cc3cccnc3OC)C[C@@H]2N1C(C)=O.O=C(O)C(F)(F)F. The molecule has 2 N–H and O–H groups in total. The molecular weight excluding hydrogens is 421 g/mol. The number of amides is 2. The highest BCUT2D eigenvalue weighted by atomic mass is 19.4. The molecule has 1 aromatic rings. The monoisotopic (exact) mass is 446 g/mol. The molecule has 9 nitrogen and oxygen atoms in total. The number of likely N-dealkylation sites (N-methyl/N-ethyl adjacent to an activating group) is 1. The molecule has 12 heteroatoms. The Balaban J connectivity index is 0.000000423. The molecule has 172 valence electrons. The molecule has 0 unspecified atom stereocenters. The van der Waals surface area contributed by atoms with Crippen molar-refractivity contribution < 1.29 is 37.4 Å². The van der Waals surface area contributed by atoms with Crippen molar-refractivity contribution in [1.29, 1.82) is 0 Å².